The third kappa shape index (κ3) is 2.33. The van der Waals surface area contributed by atoms with Crippen LogP contribution in [0.1, 0.15) is 18.5 Å². The van der Waals surface area contributed by atoms with Crippen LogP contribution in [0.4, 0.5) is 0 Å². The first-order valence-electron chi connectivity index (χ1n) is 5.40. The lowest BCUT2D eigenvalue weighted by molar-refractivity contribution is -0.136. The van der Waals surface area contributed by atoms with Gasteiger partial charge in [-0.05, 0) is 30.8 Å². The van der Waals surface area contributed by atoms with Crippen LogP contribution in [0, 0.1) is 0 Å². The van der Waals surface area contributed by atoms with Gasteiger partial charge in [0.15, 0.2) is 5.11 Å². The molecule has 2 rings (SSSR count). The number of thiocarbonyl (C=S) groups is 1. The number of allylic oxidation sites excluding steroid dienone is 1. The van der Waals surface area contributed by atoms with Gasteiger partial charge in [0, 0.05) is 18.1 Å². The van der Waals surface area contributed by atoms with Crippen molar-refractivity contribution in [2.45, 2.75) is 13.0 Å². The molecule has 2 heterocycles. The second-order valence-corrected chi connectivity index (χ2v) is 4.26. The van der Waals surface area contributed by atoms with E-state index in [4.69, 9.17) is 17.0 Å². The van der Waals surface area contributed by atoms with Gasteiger partial charge in [-0.25, -0.2) is 4.79 Å². The van der Waals surface area contributed by atoms with Crippen LogP contribution in [0.15, 0.2) is 35.8 Å². The molecule has 2 N–H and O–H groups in total. The number of rotatable bonds is 2. The molecule has 0 bridgehead atoms. The van der Waals surface area contributed by atoms with Crippen LogP contribution in [-0.2, 0) is 9.53 Å². The van der Waals surface area contributed by atoms with E-state index in [0.29, 0.717) is 16.4 Å². The van der Waals surface area contributed by atoms with E-state index in [0.717, 1.165) is 5.56 Å². The molecule has 6 heteroatoms. The summed E-state index contributed by atoms with van der Waals surface area (Å²) in [6.07, 6.45) is 3.37. The highest BCUT2D eigenvalue weighted by atomic mass is 32.1. The fourth-order valence-corrected chi connectivity index (χ4v) is 2.14. The van der Waals surface area contributed by atoms with Crippen LogP contribution in [0.3, 0.4) is 0 Å². The molecule has 0 radical (unpaired) electrons. The van der Waals surface area contributed by atoms with Gasteiger partial charge >= 0.3 is 5.97 Å². The van der Waals surface area contributed by atoms with Crippen LogP contribution >= 0.6 is 12.2 Å². The molecule has 1 aliphatic heterocycles. The minimum atomic E-state index is -0.385. The quantitative estimate of drug-likeness (QED) is 0.614. The number of pyridine rings is 1. The number of nitrogens with one attached hydrogen (secondary N) is 2. The minimum Gasteiger partial charge on any atom is -0.466 e. The van der Waals surface area contributed by atoms with Gasteiger partial charge in [0.05, 0.1) is 18.7 Å². The molecular formula is C12H13N3O2S. The first kappa shape index (κ1) is 12.5. The minimum absolute atomic E-state index is 0.333. The van der Waals surface area contributed by atoms with Gasteiger partial charge in [-0.2, -0.15) is 0 Å². The van der Waals surface area contributed by atoms with E-state index in [-0.39, 0.29) is 12.0 Å². The second-order valence-electron chi connectivity index (χ2n) is 3.85. The lowest BCUT2D eigenvalue weighted by atomic mass is 9.97. The molecule has 1 aromatic rings. The molecule has 1 aromatic heterocycles. The zero-order chi connectivity index (χ0) is 13.1. The van der Waals surface area contributed by atoms with Crippen molar-refractivity contribution < 1.29 is 9.53 Å². The molecule has 0 aromatic carbocycles. The Labute approximate surface area is 110 Å². The zero-order valence-corrected chi connectivity index (χ0v) is 10.9. The molecular weight excluding hydrogens is 250 g/mol. The fraction of sp³-hybridized carbons (Fsp3) is 0.250. The van der Waals surface area contributed by atoms with Crippen molar-refractivity contribution >= 4 is 23.3 Å². The van der Waals surface area contributed by atoms with Gasteiger partial charge in [-0.15, -0.1) is 0 Å². The third-order valence-corrected chi connectivity index (χ3v) is 2.91. The average molecular weight is 263 g/mol. The Morgan fingerprint density at radius 3 is 2.94 bits per heavy atom. The first-order chi connectivity index (χ1) is 8.63. The summed E-state index contributed by atoms with van der Waals surface area (Å²) in [7, 11) is 1.36. The molecule has 94 valence electrons. The lowest BCUT2D eigenvalue weighted by Gasteiger charge is -2.29. The van der Waals surface area contributed by atoms with E-state index in [9.17, 15) is 4.79 Å². The summed E-state index contributed by atoms with van der Waals surface area (Å²) < 4.78 is 4.81. The smallest absolute Gasteiger partial charge is 0.337 e. The van der Waals surface area contributed by atoms with Crippen molar-refractivity contribution in [1.29, 1.82) is 0 Å². The van der Waals surface area contributed by atoms with Crippen LogP contribution < -0.4 is 10.6 Å². The summed E-state index contributed by atoms with van der Waals surface area (Å²) in [6.45, 7) is 1.79. The highest BCUT2D eigenvalue weighted by Crippen LogP contribution is 2.26. The second kappa shape index (κ2) is 5.14. The predicted molar refractivity (Wildman–Crippen MR) is 70.6 cm³/mol. The Balaban J connectivity index is 2.46. The van der Waals surface area contributed by atoms with Gasteiger partial charge in [-0.1, -0.05) is 6.07 Å². The molecule has 18 heavy (non-hydrogen) atoms. The summed E-state index contributed by atoms with van der Waals surface area (Å²) >= 11 is 5.11. The summed E-state index contributed by atoms with van der Waals surface area (Å²) in [5.41, 5.74) is 2.07. The number of aromatic nitrogens is 1. The zero-order valence-electron chi connectivity index (χ0n) is 10.1. The summed E-state index contributed by atoms with van der Waals surface area (Å²) in [6, 6.07) is 3.36. The van der Waals surface area contributed by atoms with Crippen LogP contribution in [-0.4, -0.2) is 23.2 Å². The Hall–Kier alpha value is -1.95. The number of nitrogens with zero attached hydrogens (tertiary/aromatic N) is 1. The normalized spacial score (nSPS) is 19.0. The molecule has 1 atom stereocenters. The number of hydrogen-bond acceptors (Lipinski definition) is 4. The molecule has 0 saturated heterocycles. The number of hydrogen-bond donors (Lipinski definition) is 2. The van der Waals surface area contributed by atoms with E-state index in [2.05, 4.69) is 15.6 Å². The molecule has 5 nitrogen and oxygen atoms in total. The average Bonchev–Trinajstić information content (AvgIpc) is 2.38. The van der Waals surface area contributed by atoms with Gasteiger partial charge < -0.3 is 15.4 Å². The van der Waals surface area contributed by atoms with Crippen molar-refractivity contribution in [3.63, 3.8) is 0 Å². The van der Waals surface area contributed by atoms with Crippen molar-refractivity contribution in [3.05, 3.63) is 41.4 Å². The maximum absolute atomic E-state index is 11.8. The highest BCUT2D eigenvalue weighted by Gasteiger charge is 2.30. The van der Waals surface area contributed by atoms with Gasteiger partial charge in [0.1, 0.15) is 0 Å². The van der Waals surface area contributed by atoms with E-state index < -0.39 is 0 Å². The number of esters is 1. The van der Waals surface area contributed by atoms with E-state index in [1.165, 1.54) is 7.11 Å². The molecule has 0 fully saturated rings. The molecule has 1 aliphatic rings. The maximum Gasteiger partial charge on any atom is 0.337 e. The summed E-state index contributed by atoms with van der Waals surface area (Å²) in [5, 5.41) is 6.45. The maximum atomic E-state index is 11.8. The van der Waals surface area contributed by atoms with E-state index in [1.54, 1.807) is 19.3 Å². The molecule has 0 amide bonds. The van der Waals surface area contributed by atoms with Gasteiger partial charge in [0.2, 0.25) is 0 Å². The largest absolute Gasteiger partial charge is 0.466 e. The standard InChI is InChI=1S/C12H13N3O2S/c1-7-9(11(16)17-2)10(15-12(18)14-7)8-4-3-5-13-6-8/h3-6,10H,1-2H3,(H2,14,15,18)/t10-/m1/s1. The van der Waals surface area contributed by atoms with Crippen LogP contribution in [0.25, 0.3) is 0 Å². The number of methoxy groups -OCH3 is 1. The molecule has 0 spiro atoms. The van der Waals surface area contributed by atoms with Gasteiger partial charge in [0.25, 0.3) is 0 Å². The third-order valence-electron chi connectivity index (χ3n) is 2.69. The lowest BCUT2D eigenvalue weighted by Crippen LogP contribution is -2.45. The highest BCUT2D eigenvalue weighted by molar-refractivity contribution is 7.80. The Morgan fingerprint density at radius 2 is 2.33 bits per heavy atom. The number of carbonyl (C=O) groups is 1. The molecule has 0 aliphatic carbocycles. The van der Waals surface area contributed by atoms with Crippen molar-refractivity contribution in [3.8, 4) is 0 Å². The Kier molecular flexibility index (Phi) is 3.57. The van der Waals surface area contributed by atoms with E-state index >= 15 is 0 Å². The summed E-state index contributed by atoms with van der Waals surface area (Å²) in [4.78, 5) is 15.9. The van der Waals surface area contributed by atoms with Crippen LogP contribution in [0.5, 0.6) is 0 Å². The Bertz CT molecular complexity index is 513. The van der Waals surface area contributed by atoms with Gasteiger partial charge in [-0.3, -0.25) is 4.98 Å². The van der Waals surface area contributed by atoms with Crippen LogP contribution in [0.2, 0.25) is 0 Å². The summed E-state index contributed by atoms with van der Waals surface area (Å²) in [5.74, 6) is -0.385. The molecule has 0 unspecified atom stereocenters. The number of carbonyl (C=O) groups excluding carboxylic acids is 1. The van der Waals surface area contributed by atoms with Crippen molar-refractivity contribution in [2.24, 2.45) is 0 Å². The number of ether oxygens (including phenoxy) is 1. The first-order valence-corrected chi connectivity index (χ1v) is 5.81. The van der Waals surface area contributed by atoms with Crippen molar-refractivity contribution in [1.82, 2.24) is 15.6 Å². The molecule has 0 saturated carbocycles. The SMILES string of the molecule is COC(=O)C1=C(C)NC(=S)N[C@@H]1c1cccnc1. The predicted octanol–water partition coefficient (Wildman–Crippen LogP) is 1.05. The van der Waals surface area contributed by atoms with Crippen molar-refractivity contribution in [2.75, 3.05) is 7.11 Å². The monoisotopic (exact) mass is 263 g/mol. The topological polar surface area (TPSA) is 63.2 Å². The fourth-order valence-electron chi connectivity index (χ4n) is 1.87. The Morgan fingerprint density at radius 1 is 1.56 bits per heavy atom. The van der Waals surface area contributed by atoms with E-state index in [1.807, 2.05) is 12.1 Å².